The van der Waals surface area contributed by atoms with Crippen LogP contribution in [0.5, 0.6) is 0 Å². The lowest BCUT2D eigenvalue weighted by Gasteiger charge is -2.17. The van der Waals surface area contributed by atoms with Crippen LogP contribution in [0.4, 0.5) is 0 Å². The molecule has 1 aliphatic rings. The summed E-state index contributed by atoms with van der Waals surface area (Å²) >= 11 is 6.00. The summed E-state index contributed by atoms with van der Waals surface area (Å²) in [5.74, 6) is 0. The molecule has 1 aromatic carbocycles. The van der Waals surface area contributed by atoms with Gasteiger partial charge in [-0.25, -0.2) is 13.1 Å². The molecule has 112 valence electrons. The summed E-state index contributed by atoms with van der Waals surface area (Å²) in [6.07, 6.45) is 0.780. The Morgan fingerprint density at radius 2 is 2.30 bits per heavy atom. The van der Waals surface area contributed by atoms with Crippen molar-refractivity contribution in [2.75, 3.05) is 26.2 Å². The standard InChI is InChI=1S/C13H19ClN2O3S/c1-10-4-2-5-12(14)13(10)20(17,18)16-9-11-8-15-6-3-7-19-11/h2,4-5,11,15-16H,3,6-9H2,1H3. The zero-order valence-electron chi connectivity index (χ0n) is 11.4. The van der Waals surface area contributed by atoms with Gasteiger partial charge in [-0.2, -0.15) is 0 Å². The average molecular weight is 319 g/mol. The quantitative estimate of drug-likeness (QED) is 0.878. The van der Waals surface area contributed by atoms with Crippen molar-refractivity contribution < 1.29 is 13.2 Å². The minimum atomic E-state index is -3.62. The van der Waals surface area contributed by atoms with Crippen LogP contribution in [0.25, 0.3) is 0 Å². The molecule has 7 heteroatoms. The fourth-order valence-corrected chi connectivity index (χ4v) is 4.02. The van der Waals surface area contributed by atoms with Crippen LogP contribution < -0.4 is 10.0 Å². The lowest BCUT2D eigenvalue weighted by atomic mass is 10.2. The van der Waals surface area contributed by atoms with Crippen LogP contribution in [-0.2, 0) is 14.8 Å². The number of rotatable bonds is 4. The summed E-state index contributed by atoms with van der Waals surface area (Å²) in [5, 5.41) is 3.44. The predicted octanol–water partition coefficient (Wildman–Crippen LogP) is 1.31. The Morgan fingerprint density at radius 1 is 1.50 bits per heavy atom. The van der Waals surface area contributed by atoms with Gasteiger partial charge in [0.05, 0.1) is 11.1 Å². The molecule has 2 rings (SSSR count). The monoisotopic (exact) mass is 318 g/mol. The van der Waals surface area contributed by atoms with Crippen LogP contribution in [0.1, 0.15) is 12.0 Å². The Hall–Kier alpha value is -0.660. The molecule has 1 fully saturated rings. The molecule has 0 aromatic heterocycles. The maximum atomic E-state index is 12.3. The van der Waals surface area contributed by atoms with Crippen LogP contribution in [0.2, 0.25) is 5.02 Å². The molecule has 1 aromatic rings. The van der Waals surface area contributed by atoms with Crippen molar-refractivity contribution >= 4 is 21.6 Å². The average Bonchev–Trinajstić information content (AvgIpc) is 2.64. The summed E-state index contributed by atoms with van der Waals surface area (Å²) in [4.78, 5) is 0.142. The van der Waals surface area contributed by atoms with Gasteiger partial charge in [0.15, 0.2) is 0 Å². The van der Waals surface area contributed by atoms with Crippen LogP contribution >= 0.6 is 11.6 Å². The Labute approximate surface area is 124 Å². The van der Waals surface area contributed by atoms with Gasteiger partial charge in [-0.1, -0.05) is 23.7 Å². The predicted molar refractivity (Wildman–Crippen MR) is 78.6 cm³/mol. The Balaban J connectivity index is 2.07. The number of benzene rings is 1. The number of nitrogens with one attached hydrogen (secondary N) is 2. The molecule has 2 N–H and O–H groups in total. The summed E-state index contributed by atoms with van der Waals surface area (Å²) in [6.45, 7) is 4.14. The Morgan fingerprint density at radius 3 is 3.05 bits per heavy atom. The molecule has 1 aliphatic heterocycles. The fourth-order valence-electron chi connectivity index (χ4n) is 2.13. The summed E-state index contributed by atoms with van der Waals surface area (Å²) < 4.78 is 32.8. The molecule has 0 radical (unpaired) electrons. The van der Waals surface area contributed by atoms with Gasteiger partial charge in [-0.05, 0) is 31.5 Å². The van der Waals surface area contributed by atoms with Crippen molar-refractivity contribution in [2.24, 2.45) is 0 Å². The Kier molecular flexibility index (Phi) is 5.40. The molecular weight excluding hydrogens is 300 g/mol. The minimum Gasteiger partial charge on any atom is -0.375 e. The van der Waals surface area contributed by atoms with E-state index in [4.69, 9.17) is 16.3 Å². The van der Waals surface area contributed by atoms with Crippen molar-refractivity contribution in [1.82, 2.24) is 10.0 Å². The molecule has 1 saturated heterocycles. The smallest absolute Gasteiger partial charge is 0.242 e. The van der Waals surface area contributed by atoms with Gasteiger partial charge in [0.1, 0.15) is 4.90 Å². The highest BCUT2D eigenvalue weighted by molar-refractivity contribution is 7.89. The van der Waals surface area contributed by atoms with Crippen LogP contribution in [0, 0.1) is 6.92 Å². The number of hydrogen-bond acceptors (Lipinski definition) is 4. The lowest BCUT2D eigenvalue weighted by molar-refractivity contribution is 0.0707. The largest absolute Gasteiger partial charge is 0.375 e. The minimum absolute atomic E-state index is 0.142. The second kappa shape index (κ2) is 6.87. The molecule has 20 heavy (non-hydrogen) atoms. The number of halogens is 1. The van der Waals surface area contributed by atoms with E-state index < -0.39 is 10.0 Å². The number of sulfonamides is 1. The van der Waals surface area contributed by atoms with Gasteiger partial charge in [0.25, 0.3) is 0 Å². The van der Waals surface area contributed by atoms with Crippen LogP contribution in [0.15, 0.2) is 23.1 Å². The molecule has 0 saturated carbocycles. The maximum absolute atomic E-state index is 12.3. The molecule has 5 nitrogen and oxygen atoms in total. The van der Waals surface area contributed by atoms with Crippen molar-refractivity contribution in [3.63, 3.8) is 0 Å². The van der Waals surface area contributed by atoms with Crippen molar-refractivity contribution in [3.05, 3.63) is 28.8 Å². The summed E-state index contributed by atoms with van der Waals surface area (Å²) in [5.41, 5.74) is 0.630. The second-order valence-corrected chi connectivity index (χ2v) is 6.90. The number of aryl methyl sites for hydroxylation is 1. The van der Waals surface area contributed by atoms with Gasteiger partial charge in [0.2, 0.25) is 10.0 Å². The third-order valence-corrected chi connectivity index (χ3v) is 5.21. The first kappa shape index (κ1) is 15.7. The van der Waals surface area contributed by atoms with Crippen LogP contribution in [0.3, 0.4) is 0 Å². The zero-order valence-corrected chi connectivity index (χ0v) is 12.9. The number of ether oxygens (including phenoxy) is 1. The second-order valence-electron chi connectivity index (χ2n) is 4.79. The lowest BCUT2D eigenvalue weighted by Crippen LogP contribution is -2.38. The normalized spacial score (nSPS) is 20.6. The SMILES string of the molecule is Cc1cccc(Cl)c1S(=O)(=O)NCC1CNCCCO1. The highest BCUT2D eigenvalue weighted by Crippen LogP contribution is 2.24. The van der Waals surface area contributed by atoms with Gasteiger partial charge in [-0.3, -0.25) is 0 Å². The van der Waals surface area contributed by atoms with E-state index in [0.29, 0.717) is 18.7 Å². The van der Waals surface area contributed by atoms with Gasteiger partial charge in [0, 0.05) is 19.7 Å². The first-order valence-corrected chi connectivity index (χ1v) is 8.44. The molecular formula is C13H19ClN2O3S. The first-order chi connectivity index (χ1) is 9.50. The van der Waals surface area contributed by atoms with E-state index >= 15 is 0 Å². The number of hydrogen-bond donors (Lipinski definition) is 2. The topological polar surface area (TPSA) is 67.4 Å². The maximum Gasteiger partial charge on any atom is 0.242 e. The molecule has 1 heterocycles. The zero-order chi connectivity index (χ0) is 14.6. The van der Waals surface area contributed by atoms with Crippen LogP contribution in [-0.4, -0.2) is 40.8 Å². The Bertz CT molecular complexity index is 534. The summed E-state index contributed by atoms with van der Waals surface area (Å²) in [7, 11) is -3.62. The van der Waals surface area contributed by atoms with Crippen molar-refractivity contribution in [3.8, 4) is 0 Å². The molecule has 0 amide bonds. The first-order valence-electron chi connectivity index (χ1n) is 6.58. The molecule has 0 bridgehead atoms. The van der Waals surface area contributed by atoms with E-state index in [9.17, 15) is 8.42 Å². The van der Waals surface area contributed by atoms with E-state index in [1.165, 1.54) is 0 Å². The van der Waals surface area contributed by atoms with E-state index in [0.717, 1.165) is 13.0 Å². The van der Waals surface area contributed by atoms with Gasteiger partial charge < -0.3 is 10.1 Å². The van der Waals surface area contributed by atoms with E-state index in [1.54, 1.807) is 25.1 Å². The van der Waals surface area contributed by atoms with Crippen molar-refractivity contribution in [2.45, 2.75) is 24.3 Å². The van der Waals surface area contributed by atoms with Gasteiger partial charge in [-0.15, -0.1) is 0 Å². The molecule has 1 unspecified atom stereocenters. The molecule has 0 spiro atoms. The highest BCUT2D eigenvalue weighted by atomic mass is 35.5. The van der Waals surface area contributed by atoms with Gasteiger partial charge >= 0.3 is 0 Å². The molecule has 0 aliphatic carbocycles. The van der Waals surface area contributed by atoms with Crippen molar-refractivity contribution in [1.29, 1.82) is 0 Å². The fraction of sp³-hybridized carbons (Fsp3) is 0.538. The van der Waals surface area contributed by atoms with E-state index in [1.807, 2.05) is 0 Å². The van der Waals surface area contributed by atoms with E-state index in [-0.39, 0.29) is 22.6 Å². The molecule has 1 atom stereocenters. The third-order valence-electron chi connectivity index (χ3n) is 3.16. The third kappa shape index (κ3) is 3.93. The highest BCUT2D eigenvalue weighted by Gasteiger charge is 2.22. The van der Waals surface area contributed by atoms with E-state index in [2.05, 4.69) is 10.0 Å². The summed E-state index contributed by atoms with van der Waals surface area (Å²) in [6, 6.07) is 5.03.